The Labute approximate surface area is 129 Å². The van der Waals surface area contributed by atoms with Gasteiger partial charge in [0.25, 0.3) is 0 Å². The summed E-state index contributed by atoms with van der Waals surface area (Å²) in [5.74, 6) is 0.244. The number of hydrogen-bond acceptors (Lipinski definition) is 3. The summed E-state index contributed by atoms with van der Waals surface area (Å²) in [5, 5.41) is 0. The number of aryl methyl sites for hydroxylation is 1. The molecule has 1 aliphatic rings. The van der Waals surface area contributed by atoms with E-state index in [0.29, 0.717) is 4.90 Å². The molecule has 0 amide bonds. The minimum Gasteiger partial charge on any atom is -0.304 e. The zero-order valence-corrected chi connectivity index (χ0v) is 14.2. The molecule has 118 valence electrons. The quantitative estimate of drug-likeness (QED) is 0.836. The average molecular weight is 309 g/mol. The molecule has 0 bridgehead atoms. The van der Waals surface area contributed by atoms with E-state index in [1.165, 1.54) is 19.3 Å². The predicted molar refractivity (Wildman–Crippen MR) is 87.4 cm³/mol. The van der Waals surface area contributed by atoms with Gasteiger partial charge in [-0.05, 0) is 52.4 Å². The summed E-state index contributed by atoms with van der Waals surface area (Å²) in [7, 11) is 1.000. The van der Waals surface area contributed by atoms with Crippen molar-refractivity contribution < 1.29 is 8.42 Å². The molecule has 2 rings (SSSR count). The van der Waals surface area contributed by atoms with E-state index >= 15 is 0 Å². The topological polar surface area (TPSA) is 37.4 Å². The van der Waals surface area contributed by atoms with Gasteiger partial charge in [-0.25, -0.2) is 8.42 Å². The first-order valence-electron chi connectivity index (χ1n) is 7.83. The van der Waals surface area contributed by atoms with Crippen molar-refractivity contribution in [1.29, 1.82) is 0 Å². The Morgan fingerprint density at radius 1 is 1.05 bits per heavy atom. The van der Waals surface area contributed by atoms with Gasteiger partial charge in [0.05, 0.1) is 10.6 Å². The lowest BCUT2D eigenvalue weighted by atomic mass is 9.79. The monoisotopic (exact) mass is 309 g/mol. The first-order valence-corrected chi connectivity index (χ1v) is 9.48. The van der Waals surface area contributed by atoms with Crippen molar-refractivity contribution in [2.45, 2.75) is 55.9 Å². The minimum absolute atomic E-state index is 0.0655. The smallest absolute Gasteiger partial charge is 0.178 e. The van der Waals surface area contributed by atoms with Crippen LogP contribution in [0.1, 0.15) is 44.1 Å². The van der Waals surface area contributed by atoms with Crippen molar-refractivity contribution in [1.82, 2.24) is 4.90 Å². The molecule has 0 aromatic heterocycles. The number of hydrogen-bond donors (Lipinski definition) is 0. The number of rotatable bonds is 5. The highest BCUT2D eigenvalue weighted by atomic mass is 32.2. The first-order chi connectivity index (χ1) is 9.86. The van der Waals surface area contributed by atoms with Crippen LogP contribution in [0.5, 0.6) is 0 Å². The van der Waals surface area contributed by atoms with E-state index in [0.717, 1.165) is 24.8 Å². The highest BCUT2D eigenvalue weighted by Crippen LogP contribution is 2.35. The summed E-state index contributed by atoms with van der Waals surface area (Å²) in [6.45, 7) is 1.97. The van der Waals surface area contributed by atoms with Gasteiger partial charge in [0.1, 0.15) is 0 Å². The average Bonchev–Trinajstić information content (AvgIpc) is 2.46. The van der Waals surface area contributed by atoms with Crippen LogP contribution in [-0.2, 0) is 9.84 Å². The fraction of sp³-hybridized carbons (Fsp3) is 0.647. The zero-order chi connectivity index (χ0) is 15.5. The lowest BCUT2D eigenvalue weighted by Gasteiger charge is -2.43. The Bertz CT molecular complexity index is 555. The molecule has 21 heavy (non-hydrogen) atoms. The van der Waals surface area contributed by atoms with Crippen molar-refractivity contribution in [2.24, 2.45) is 0 Å². The Morgan fingerprint density at radius 3 is 2.14 bits per heavy atom. The van der Waals surface area contributed by atoms with Gasteiger partial charge in [0.15, 0.2) is 9.84 Å². The molecule has 4 heteroatoms. The molecule has 1 aromatic carbocycles. The SMILES string of the molecule is Cc1ccc(S(=O)(=O)CCC2(N(C)C)CCCCC2)cc1. The highest BCUT2D eigenvalue weighted by Gasteiger charge is 2.35. The lowest BCUT2D eigenvalue weighted by molar-refractivity contribution is 0.0966. The summed E-state index contributed by atoms with van der Waals surface area (Å²) in [6.07, 6.45) is 6.66. The van der Waals surface area contributed by atoms with Crippen molar-refractivity contribution in [3.05, 3.63) is 29.8 Å². The third-order valence-electron chi connectivity index (χ3n) is 4.95. The van der Waals surface area contributed by atoms with Crippen LogP contribution in [0, 0.1) is 6.92 Å². The van der Waals surface area contributed by atoms with E-state index in [4.69, 9.17) is 0 Å². The molecule has 1 aromatic rings. The second-order valence-corrected chi connectivity index (χ2v) is 8.67. The molecule has 0 saturated heterocycles. The molecule has 0 atom stereocenters. The van der Waals surface area contributed by atoms with Crippen molar-refractivity contribution >= 4 is 9.84 Å². The van der Waals surface area contributed by atoms with Crippen LogP contribution in [0.25, 0.3) is 0 Å². The molecule has 1 saturated carbocycles. The second kappa shape index (κ2) is 6.49. The summed E-state index contributed by atoms with van der Waals surface area (Å²) < 4.78 is 25.1. The standard InChI is InChI=1S/C17H27NO2S/c1-15-7-9-16(10-8-15)21(19,20)14-13-17(18(2)3)11-5-4-6-12-17/h7-10H,4-6,11-14H2,1-3H3. The van der Waals surface area contributed by atoms with E-state index in [1.807, 2.05) is 19.1 Å². The Kier molecular flexibility index (Phi) is 5.10. The van der Waals surface area contributed by atoms with Gasteiger partial charge in [0, 0.05) is 5.54 Å². The highest BCUT2D eigenvalue weighted by molar-refractivity contribution is 7.91. The lowest BCUT2D eigenvalue weighted by Crippen LogP contribution is -2.47. The van der Waals surface area contributed by atoms with Crippen molar-refractivity contribution in [3.8, 4) is 0 Å². The maximum Gasteiger partial charge on any atom is 0.178 e. The predicted octanol–water partition coefficient (Wildman–Crippen LogP) is 3.42. The van der Waals surface area contributed by atoms with Gasteiger partial charge >= 0.3 is 0 Å². The van der Waals surface area contributed by atoms with Gasteiger partial charge in [0.2, 0.25) is 0 Å². The van der Waals surface area contributed by atoms with Gasteiger partial charge < -0.3 is 4.90 Å². The summed E-state index contributed by atoms with van der Waals surface area (Å²) >= 11 is 0. The van der Waals surface area contributed by atoms with Gasteiger partial charge in [-0.1, -0.05) is 37.0 Å². The van der Waals surface area contributed by atoms with Crippen LogP contribution in [0.3, 0.4) is 0 Å². The van der Waals surface area contributed by atoms with Crippen LogP contribution in [-0.4, -0.2) is 38.7 Å². The number of sulfone groups is 1. The summed E-state index contributed by atoms with van der Waals surface area (Å²) in [4.78, 5) is 2.70. The maximum atomic E-state index is 12.5. The molecule has 0 N–H and O–H groups in total. The summed E-state index contributed by atoms with van der Waals surface area (Å²) in [5.41, 5.74) is 1.15. The van der Waals surface area contributed by atoms with Crippen LogP contribution in [0.4, 0.5) is 0 Å². The van der Waals surface area contributed by atoms with Crippen LogP contribution >= 0.6 is 0 Å². The van der Waals surface area contributed by atoms with Gasteiger partial charge in [-0.2, -0.15) is 0 Å². The Hall–Kier alpha value is -0.870. The number of benzene rings is 1. The minimum atomic E-state index is -3.17. The summed E-state index contributed by atoms with van der Waals surface area (Å²) in [6, 6.07) is 7.20. The number of nitrogens with zero attached hydrogens (tertiary/aromatic N) is 1. The molecule has 0 radical (unpaired) electrons. The van der Waals surface area contributed by atoms with E-state index in [9.17, 15) is 8.42 Å². The molecule has 0 unspecified atom stereocenters. The molecule has 1 fully saturated rings. The zero-order valence-electron chi connectivity index (χ0n) is 13.4. The normalized spacial score (nSPS) is 18.9. The fourth-order valence-corrected chi connectivity index (χ4v) is 4.75. The molecule has 0 spiro atoms. The van der Waals surface area contributed by atoms with Gasteiger partial charge in [-0.3, -0.25) is 0 Å². The second-order valence-electron chi connectivity index (χ2n) is 6.56. The molecule has 0 aliphatic heterocycles. The largest absolute Gasteiger partial charge is 0.304 e. The van der Waals surface area contributed by atoms with E-state index < -0.39 is 9.84 Å². The van der Waals surface area contributed by atoms with Crippen LogP contribution in [0.2, 0.25) is 0 Å². The first kappa shape index (κ1) is 16.5. The third-order valence-corrected chi connectivity index (χ3v) is 6.68. The van der Waals surface area contributed by atoms with Crippen molar-refractivity contribution in [3.63, 3.8) is 0 Å². The Morgan fingerprint density at radius 2 is 1.62 bits per heavy atom. The fourth-order valence-electron chi connectivity index (χ4n) is 3.32. The van der Waals surface area contributed by atoms with Gasteiger partial charge in [-0.15, -0.1) is 0 Å². The van der Waals surface area contributed by atoms with E-state index in [1.54, 1.807) is 12.1 Å². The van der Waals surface area contributed by atoms with E-state index in [-0.39, 0.29) is 11.3 Å². The molecular weight excluding hydrogens is 282 g/mol. The van der Waals surface area contributed by atoms with Crippen LogP contribution < -0.4 is 0 Å². The molecule has 0 heterocycles. The van der Waals surface area contributed by atoms with Crippen LogP contribution in [0.15, 0.2) is 29.2 Å². The molecular formula is C17H27NO2S. The molecule has 1 aliphatic carbocycles. The maximum absolute atomic E-state index is 12.5. The third kappa shape index (κ3) is 3.86. The molecule has 3 nitrogen and oxygen atoms in total. The van der Waals surface area contributed by atoms with Crippen molar-refractivity contribution in [2.75, 3.05) is 19.8 Å². The van der Waals surface area contributed by atoms with E-state index in [2.05, 4.69) is 19.0 Å². The Balaban J connectivity index is 2.11.